The normalized spacial score (nSPS) is 10.1. The van der Waals surface area contributed by atoms with Crippen LogP contribution in [0.3, 0.4) is 0 Å². The third-order valence-electron chi connectivity index (χ3n) is 2.02. The van der Waals surface area contributed by atoms with Gasteiger partial charge in [0.15, 0.2) is 0 Å². The number of benzene rings is 1. The summed E-state index contributed by atoms with van der Waals surface area (Å²) in [4.78, 5) is 5.31. The second-order valence-electron chi connectivity index (χ2n) is 3.21. The zero-order valence-electron chi connectivity index (χ0n) is 8.88. The number of nitrogen functional groups attached to an aromatic ring is 1. The van der Waals surface area contributed by atoms with Crippen LogP contribution in [0.5, 0.6) is 5.75 Å². The monoisotopic (exact) mass is 232 g/mol. The number of aromatic nitrogens is 1. The molecule has 0 saturated carbocycles. The number of rotatable bonds is 3. The van der Waals surface area contributed by atoms with Crippen molar-refractivity contribution in [1.29, 1.82) is 0 Å². The zero-order chi connectivity index (χ0) is 11.4. The maximum absolute atomic E-state index is 5.69. The topological polar surface area (TPSA) is 48.1 Å². The van der Waals surface area contributed by atoms with Gasteiger partial charge in [0.05, 0.1) is 7.11 Å². The molecule has 0 radical (unpaired) electrons. The zero-order valence-corrected chi connectivity index (χ0v) is 9.70. The lowest BCUT2D eigenvalue weighted by Crippen LogP contribution is -1.87. The quantitative estimate of drug-likeness (QED) is 0.884. The fourth-order valence-electron chi connectivity index (χ4n) is 1.27. The molecule has 0 saturated heterocycles. The first-order valence-electron chi connectivity index (χ1n) is 4.81. The van der Waals surface area contributed by atoms with Crippen molar-refractivity contribution in [3.05, 3.63) is 42.6 Å². The molecule has 0 bridgehead atoms. The summed E-state index contributed by atoms with van der Waals surface area (Å²) in [5, 5.41) is 0.883. The Morgan fingerprint density at radius 3 is 2.88 bits per heavy atom. The summed E-state index contributed by atoms with van der Waals surface area (Å²) >= 11 is 1.56. The van der Waals surface area contributed by atoms with Gasteiger partial charge in [-0.05, 0) is 30.3 Å². The molecular formula is C12H12N2OS. The molecule has 2 N–H and O–H groups in total. The molecule has 0 fully saturated rings. The largest absolute Gasteiger partial charge is 0.497 e. The van der Waals surface area contributed by atoms with Crippen LogP contribution in [0.15, 0.2) is 52.5 Å². The van der Waals surface area contributed by atoms with Crippen molar-refractivity contribution in [3.8, 4) is 5.75 Å². The Balaban J connectivity index is 2.20. The van der Waals surface area contributed by atoms with E-state index in [2.05, 4.69) is 4.98 Å². The van der Waals surface area contributed by atoms with E-state index < -0.39 is 0 Å². The molecule has 2 rings (SSSR count). The van der Waals surface area contributed by atoms with Crippen molar-refractivity contribution < 1.29 is 4.74 Å². The van der Waals surface area contributed by atoms with Gasteiger partial charge in [0, 0.05) is 16.8 Å². The summed E-state index contributed by atoms with van der Waals surface area (Å²) in [7, 11) is 1.66. The highest BCUT2D eigenvalue weighted by molar-refractivity contribution is 7.99. The second-order valence-corrected chi connectivity index (χ2v) is 4.30. The summed E-state index contributed by atoms with van der Waals surface area (Å²) in [5.74, 6) is 0.842. The molecule has 82 valence electrons. The van der Waals surface area contributed by atoms with E-state index in [1.807, 2.05) is 30.3 Å². The van der Waals surface area contributed by atoms with Gasteiger partial charge in [-0.3, -0.25) is 0 Å². The summed E-state index contributed by atoms with van der Waals surface area (Å²) in [6, 6.07) is 11.5. The highest BCUT2D eigenvalue weighted by Crippen LogP contribution is 2.29. The lowest BCUT2D eigenvalue weighted by molar-refractivity contribution is 0.413. The Morgan fingerprint density at radius 1 is 1.25 bits per heavy atom. The average molecular weight is 232 g/mol. The molecule has 0 aliphatic rings. The van der Waals surface area contributed by atoms with Gasteiger partial charge in [-0.2, -0.15) is 0 Å². The third kappa shape index (κ3) is 2.67. The van der Waals surface area contributed by atoms with Gasteiger partial charge >= 0.3 is 0 Å². The van der Waals surface area contributed by atoms with Crippen molar-refractivity contribution in [1.82, 2.24) is 4.98 Å². The first kappa shape index (κ1) is 10.8. The number of hydrogen-bond acceptors (Lipinski definition) is 4. The SMILES string of the molecule is COc1cccc(Sc2cc(N)ccn2)c1. The molecule has 16 heavy (non-hydrogen) atoms. The Kier molecular flexibility index (Phi) is 3.31. The van der Waals surface area contributed by atoms with E-state index >= 15 is 0 Å². The van der Waals surface area contributed by atoms with E-state index in [1.165, 1.54) is 0 Å². The lowest BCUT2D eigenvalue weighted by Gasteiger charge is -2.04. The minimum absolute atomic E-state index is 0.723. The van der Waals surface area contributed by atoms with Crippen molar-refractivity contribution in [2.24, 2.45) is 0 Å². The molecule has 4 heteroatoms. The van der Waals surface area contributed by atoms with Crippen molar-refractivity contribution in [3.63, 3.8) is 0 Å². The molecule has 0 unspecified atom stereocenters. The minimum atomic E-state index is 0.723. The molecule has 0 aliphatic heterocycles. The fourth-order valence-corrected chi connectivity index (χ4v) is 2.14. The van der Waals surface area contributed by atoms with Crippen LogP contribution in [-0.2, 0) is 0 Å². The van der Waals surface area contributed by atoms with E-state index in [4.69, 9.17) is 10.5 Å². The maximum Gasteiger partial charge on any atom is 0.119 e. The van der Waals surface area contributed by atoms with Gasteiger partial charge in [0.1, 0.15) is 10.8 Å². The van der Waals surface area contributed by atoms with E-state index in [0.717, 1.165) is 21.4 Å². The predicted octanol–water partition coefficient (Wildman–Crippen LogP) is 2.82. The Morgan fingerprint density at radius 2 is 2.12 bits per heavy atom. The lowest BCUT2D eigenvalue weighted by atomic mass is 10.3. The van der Waals surface area contributed by atoms with Crippen LogP contribution in [0.2, 0.25) is 0 Å². The van der Waals surface area contributed by atoms with Gasteiger partial charge in [-0.15, -0.1) is 0 Å². The second kappa shape index (κ2) is 4.90. The summed E-state index contributed by atoms with van der Waals surface area (Å²) in [6.45, 7) is 0. The number of nitrogens with zero attached hydrogens (tertiary/aromatic N) is 1. The van der Waals surface area contributed by atoms with Crippen LogP contribution >= 0.6 is 11.8 Å². The molecule has 0 atom stereocenters. The molecule has 0 spiro atoms. The van der Waals surface area contributed by atoms with Gasteiger partial charge in [-0.1, -0.05) is 17.8 Å². The maximum atomic E-state index is 5.69. The highest BCUT2D eigenvalue weighted by atomic mass is 32.2. The Bertz CT molecular complexity index is 488. The number of pyridine rings is 1. The molecule has 1 aromatic carbocycles. The van der Waals surface area contributed by atoms with Gasteiger partial charge in [-0.25, -0.2) is 4.98 Å². The third-order valence-corrected chi connectivity index (χ3v) is 2.94. The molecule has 1 heterocycles. The van der Waals surface area contributed by atoms with E-state index in [1.54, 1.807) is 31.1 Å². The summed E-state index contributed by atoms with van der Waals surface area (Å²) in [5.41, 5.74) is 6.41. The Labute approximate surface area is 98.6 Å². The predicted molar refractivity (Wildman–Crippen MR) is 65.8 cm³/mol. The van der Waals surface area contributed by atoms with E-state index in [-0.39, 0.29) is 0 Å². The molecule has 0 amide bonds. The number of ether oxygens (including phenoxy) is 1. The number of hydrogen-bond donors (Lipinski definition) is 1. The van der Waals surface area contributed by atoms with Crippen LogP contribution in [0.1, 0.15) is 0 Å². The minimum Gasteiger partial charge on any atom is -0.497 e. The fraction of sp³-hybridized carbons (Fsp3) is 0.0833. The standard InChI is InChI=1S/C12H12N2OS/c1-15-10-3-2-4-11(8-10)16-12-7-9(13)5-6-14-12/h2-8H,1H3,(H2,13,14). The molecule has 2 aromatic rings. The molecule has 1 aromatic heterocycles. The van der Waals surface area contributed by atoms with Gasteiger partial charge in [0.25, 0.3) is 0 Å². The van der Waals surface area contributed by atoms with E-state index in [9.17, 15) is 0 Å². The van der Waals surface area contributed by atoms with Gasteiger partial charge < -0.3 is 10.5 Å². The van der Waals surface area contributed by atoms with E-state index in [0.29, 0.717) is 0 Å². The molecule has 3 nitrogen and oxygen atoms in total. The van der Waals surface area contributed by atoms with Crippen LogP contribution in [-0.4, -0.2) is 12.1 Å². The van der Waals surface area contributed by atoms with Crippen LogP contribution in [0.25, 0.3) is 0 Å². The van der Waals surface area contributed by atoms with Crippen LogP contribution in [0, 0.1) is 0 Å². The van der Waals surface area contributed by atoms with Crippen LogP contribution in [0.4, 0.5) is 5.69 Å². The summed E-state index contributed by atoms with van der Waals surface area (Å²) < 4.78 is 5.16. The smallest absolute Gasteiger partial charge is 0.119 e. The van der Waals surface area contributed by atoms with Crippen molar-refractivity contribution in [2.75, 3.05) is 12.8 Å². The average Bonchev–Trinajstić information content (AvgIpc) is 2.29. The first-order chi connectivity index (χ1) is 7.78. The van der Waals surface area contributed by atoms with Crippen molar-refractivity contribution in [2.45, 2.75) is 9.92 Å². The van der Waals surface area contributed by atoms with Gasteiger partial charge in [0.2, 0.25) is 0 Å². The molecule has 0 aliphatic carbocycles. The number of methoxy groups -OCH3 is 1. The number of anilines is 1. The summed E-state index contributed by atoms with van der Waals surface area (Å²) in [6.07, 6.45) is 1.71. The Hall–Kier alpha value is -1.68. The molecular weight excluding hydrogens is 220 g/mol. The highest BCUT2D eigenvalue weighted by Gasteiger charge is 2.00. The van der Waals surface area contributed by atoms with Crippen LogP contribution < -0.4 is 10.5 Å². The number of nitrogens with two attached hydrogens (primary N) is 1. The first-order valence-corrected chi connectivity index (χ1v) is 5.63. The van der Waals surface area contributed by atoms with Crippen molar-refractivity contribution >= 4 is 17.4 Å².